The summed E-state index contributed by atoms with van der Waals surface area (Å²) in [5.41, 5.74) is 7.35. The van der Waals surface area contributed by atoms with Crippen LogP contribution in [0.5, 0.6) is 0 Å². The quantitative estimate of drug-likeness (QED) is 0.871. The van der Waals surface area contributed by atoms with Crippen LogP contribution in [0, 0.1) is 5.92 Å². The van der Waals surface area contributed by atoms with Crippen LogP contribution in [0.3, 0.4) is 0 Å². The largest absolute Gasteiger partial charge is 0.345 e. The first kappa shape index (κ1) is 18.8. The third kappa shape index (κ3) is 4.22. The van der Waals surface area contributed by atoms with Crippen molar-refractivity contribution in [3.8, 4) is 0 Å². The summed E-state index contributed by atoms with van der Waals surface area (Å²) in [4.78, 5) is 21.7. The SMILES string of the molecule is CCc1nsc(N2CCCN(C(=O)C(C)C(N)c3ccccc3)CC2)n1. The second-order valence-electron chi connectivity index (χ2n) is 6.74. The van der Waals surface area contributed by atoms with Crippen LogP contribution in [-0.4, -0.2) is 46.3 Å². The Kier molecular flexibility index (Phi) is 6.21. The van der Waals surface area contributed by atoms with Gasteiger partial charge in [0.25, 0.3) is 0 Å². The summed E-state index contributed by atoms with van der Waals surface area (Å²) in [6.45, 7) is 7.15. The zero-order valence-electron chi connectivity index (χ0n) is 15.5. The van der Waals surface area contributed by atoms with Crippen LogP contribution in [0.2, 0.25) is 0 Å². The summed E-state index contributed by atoms with van der Waals surface area (Å²) in [5, 5.41) is 0.963. The van der Waals surface area contributed by atoms with E-state index in [0.717, 1.165) is 49.0 Å². The van der Waals surface area contributed by atoms with Crippen molar-refractivity contribution in [3.63, 3.8) is 0 Å². The zero-order valence-corrected chi connectivity index (χ0v) is 16.3. The van der Waals surface area contributed by atoms with E-state index >= 15 is 0 Å². The maximum atomic E-state index is 13.0. The molecule has 1 aromatic heterocycles. The molecule has 1 fully saturated rings. The van der Waals surface area contributed by atoms with E-state index in [1.54, 1.807) is 0 Å². The van der Waals surface area contributed by atoms with Gasteiger partial charge in [-0.1, -0.05) is 44.2 Å². The van der Waals surface area contributed by atoms with Gasteiger partial charge in [0.15, 0.2) is 0 Å². The van der Waals surface area contributed by atoms with Crippen molar-refractivity contribution in [2.45, 2.75) is 32.7 Å². The number of benzene rings is 1. The van der Waals surface area contributed by atoms with Crippen molar-refractivity contribution in [2.75, 3.05) is 31.1 Å². The molecule has 0 radical (unpaired) electrons. The number of nitrogens with zero attached hydrogens (tertiary/aromatic N) is 4. The Hall–Kier alpha value is -1.99. The highest BCUT2D eigenvalue weighted by molar-refractivity contribution is 7.09. The van der Waals surface area contributed by atoms with E-state index in [4.69, 9.17) is 5.73 Å². The molecule has 2 N–H and O–H groups in total. The van der Waals surface area contributed by atoms with Gasteiger partial charge in [-0.3, -0.25) is 4.79 Å². The second-order valence-corrected chi connectivity index (χ2v) is 7.47. The fourth-order valence-electron chi connectivity index (χ4n) is 3.25. The minimum atomic E-state index is -0.279. The number of carbonyl (C=O) groups is 1. The van der Waals surface area contributed by atoms with Crippen LogP contribution in [0.15, 0.2) is 30.3 Å². The van der Waals surface area contributed by atoms with Crippen molar-refractivity contribution in [3.05, 3.63) is 41.7 Å². The monoisotopic (exact) mass is 373 g/mol. The number of aromatic nitrogens is 2. The molecule has 0 bridgehead atoms. The first-order valence-electron chi connectivity index (χ1n) is 9.27. The second kappa shape index (κ2) is 8.60. The Morgan fingerprint density at radius 3 is 2.69 bits per heavy atom. The molecule has 2 unspecified atom stereocenters. The van der Waals surface area contributed by atoms with Gasteiger partial charge in [-0.15, -0.1) is 0 Å². The Morgan fingerprint density at radius 2 is 2.00 bits per heavy atom. The number of nitrogens with two attached hydrogens (primary N) is 1. The van der Waals surface area contributed by atoms with Crippen LogP contribution >= 0.6 is 11.5 Å². The van der Waals surface area contributed by atoms with Crippen molar-refractivity contribution in [1.82, 2.24) is 14.3 Å². The first-order valence-corrected chi connectivity index (χ1v) is 10.0. The maximum Gasteiger partial charge on any atom is 0.227 e. The third-order valence-corrected chi connectivity index (χ3v) is 5.78. The molecule has 0 spiro atoms. The summed E-state index contributed by atoms with van der Waals surface area (Å²) in [6.07, 6.45) is 1.78. The Bertz CT molecular complexity index is 720. The Balaban J connectivity index is 1.61. The molecule has 1 saturated heterocycles. The number of amides is 1. The lowest BCUT2D eigenvalue weighted by atomic mass is 9.94. The highest BCUT2D eigenvalue weighted by Crippen LogP contribution is 2.23. The predicted octanol–water partition coefficient (Wildman–Crippen LogP) is 2.48. The van der Waals surface area contributed by atoms with Crippen LogP contribution in [-0.2, 0) is 11.2 Å². The summed E-state index contributed by atoms with van der Waals surface area (Å²) in [6, 6.07) is 9.58. The predicted molar refractivity (Wildman–Crippen MR) is 105 cm³/mol. The summed E-state index contributed by atoms with van der Waals surface area (Å²) in [5.74, 6) is 0.788. The normalized spacial score (nSPS) is 17.7. The number of hydrogen-bond acceptors (Lipinski definition) is 6. The van der Waals surface area contributed by atoms with Gasteiger partial charge in [0.2, 0.25) is 11.0 Å². The van der Waals surface area contributed by atoms with E-state index in [1.807, 2.05) is 42.2 Å². The lowest BCUT2D eigenvalue weighted by molar-refractivity contribution is -0.135. The van der Waals surface area contributed by atoms with Gasteiger partial charge in [0.05, 0.1) is 5.92 Å². The lowest BCUT2D eigenvalue weighted by Gasteiger charge is -2.27. The third-order valence-electron chi connectivity index (χ3n) is 4.96. The molecule has 1 aliphatic heterocycles. The van der Waals surface area contributed by atoms with E-state index in [1.165, 1.54) is 11.5 Å². The van der Waals surface area contributed by atoms with E-state index in [2.05, 4.69) is 21.2 Å². The Morgan fingerprint density at radius 1 is 1.23 bits per heavy atom. The van der Waals surface area contributed by atoms with Crippen molar-refractivity contribution in [1.29, 1.82) is 0 Å². The van der Waals surface area contributed by atoms with Gasteiger partial charge in [-0.25, -0.2) is 4.98 Å². The molecule has 0 aliphatic carbocycles. The fourth-order valence-corrected chi connectivity index (χ4v) is 4.05. The molecule has 7 heteroatoms. The molecule has 1 aromatic carbocycles. The number of carbonyl (C=O) groups excluding carboxylic acids is 1. The molecule has 0 saturated carbocycles. The number of aryl methyl sites for hydroxylation is 1. The average molecular weight is 374 g/mol. The minimum Gasteiger partial charge on any atom is -0.345 e. The molecule has 26 heavy (non-hydrogen) atoms. The highest BCUT2D eigenvalue weighted by Gasteiger charge is 2.28. The van der Waals surface area contributed by atoms with Crippen LogP contribution < -0.4 is 10.6 Å². The van der Waals surface area contributed by atoms with Gasteiger partial charge in [0, 0.05) is 50.2 Å². The molecule has 2 heterocycles. The van der Waals surface area contributed by atoms with Crippen molar-refractivity contribution < 1.29 is 4.79 Å². The van der Waals surface area contributed by atoms with Gasteiger partial charge >= 0.3 is 0 Å². The first-order chi connectivity index (χ1) is 12.6. The maximum absolute atomic E-state index is 13.0. The van der Waals surface area contributed by atoms with Crippen LogP contribution in [0.4, 0.5) is 5.13 Å². The van der Waals surface area contributed by atoms with E-state index in [0.29, 0.717) is 6.54 Å². The van der Waals surface area contributed by atoms with Gasteiger partial charge in [-0.2, -0.15) is 4.37 Å². The lowest BCUT2D eigenvalue weighted by Crippen LogP contribution is -2.41. The fraction of sp³-hybridized carbons (Fsp3) is 0.526. The number of anilines is 1. The number of rotatable bonds is 5. The standard InChI is InChI=1S/C19H27N5OS/c1-3-16-21-19(26-22-16)24-11-7-10-23(12-13-24)18(25)14(2)17(20)15-8-5-4-6-9-15/h4-6,8-9,14,17H,3,7,10-13,20H2,1-2H3. The molecule has 1 amide bonds. The van der Waals surface area contributed by atoms with E-state index < -0.39 is 0 Å². The van der Waals surface area contributed by atoms with Gasteiger partial charge in [-0.05, 0) is 12.0 Å². The molecule has 3 rings (SSSR count). The molecule has 2 aromatic rings. The summed E-state index contributed by atoms with van der Waals surface area (Å²) >= 11 is 1.45. The smallest absolute Gasteiger partial charge is 0.227 e. The summed E-state index contributed by atoms with van der Waals surface area (Å²) in [7, 11) is 0. The molecular weight excluding hydrogens is 346 g/mol. The molecular formula is C19H27N5OS. The van der Waals surface area contributed by atoms with Crippen molar-refractivity contribution >= 4 is 22.6 Å². The summed E-state index contributed by atoms with van der Waals surface area (Å²) < 4.78 is 4.37. The minimum absolute atomic E-state index is 0.134. The average Bonchev–Trinajstić information content (AvgIpc) is 3.04. The van der Waals surface area contributed by atoms with E-state index in [-0.39, 0.29) is 17.9 Å². The number of hydrogen-bond donors (Lipinski definition) is 1. The van der Waals surface area contributed by atoms with Gasteiger partial charge < -0.3 is 15.5 Å². The van der Waals surface area contributed by atoms with E-state index in [9.17, 15) is 4.79 Å². The topological polar surface area (TPSA) is 75.4 Å². The highest BCUT2D eigenvalue weighted by atomic mass is 32.1. The molecule has 6 nitrogen and oxygen atoms in total. The van der Waals surface area contributed by atoms with Crippen LogP contribution in [0.1, 0.15) is 37.7 Å². The Labute approximate surface area is 159 Å². The molecule has 1 aliphatic rings. The molecule has 2 atom stereocenters. The zero-order chi connectivity index (χ0) is 18.5. The van der Waals surface area contributed by atoms with Crippen molar-refractivity contribution in [2.24, 2.45) is 11.7 Å². The van der Waals surface area contributed by atoms with Gasteiger partial charge in [0.1, 0.15) is 5.82 Å². The van der Waals surface area contributed by atoms with Crippen LogP contribution in [0.25, 0.3) is 0 Å². The molecule has 140 valence electrons.